The van der Waals surface area contributed by atoms with E-state index in [1.165, 1.54) is 5.56 Å². The summed E-state index contributed by atoms with van der Waals surface area (Å²) in [6.45, 7) is 1.73. The number of pyridine rings is 1. The van der Waals surface area contributed by atoms with Gasteiger partial charge in [-0.15, -0.1) is 0 Å². The monoisotopic (exact) mass is 333 g/mol. The summed E-state index contributed by atoms with van der Waals surface area (Å²) in [5.41, 5.74) is 1.54. The highest BCUT2D eigenvalue weighted by Gasteiger charge is 2.34. The lowest BCUT2D eigenvalue weighted by Gasteiger charge is -2.24. The molecule has 1 aliphatic heterocycles. The van der Waals surface area contributed by atoms with Crippen molar-refractivity contribution in [2.45, 2.75) is 12.8 Å². The molecule has 0 saturated carbocycles. The first-order valence-corrected chi connectivity index (χ1v) is 6.89. The summed E-state index contributed by atoms with van der Waals surface area (Å²) in [5.74, 6) is 0. The molecule has 0 spiro atoms. The highest BCUT2D eigenvalue weighted by molar-refractivity contribution is 9.10. The van der Waals surface area contributed by atoms with Crippen molar-refractivity contribution in [3.63, 3.8) is 0 Å². The first-order valence-electron chi connectivity index (χ1n) is 4.97. The van der Waals surface area contributed by atoms with Crippen molar-refractivity contribution in [1.82, 2.24) is 4.98 Å². The van der Waals surface area contributed by atoms with Gasteiger partial charge >= 0.3 is 0 Å². The average molecular weight is 335 g/mol. The first-order chi connectivity index (χ1) is 7.24. The van der Waals surface area contributed by atoms with Gasteiger partial charge in [0.15, 0.2) is 0 Å². The number of aromatic nitrogens is 1. The fourth-order valence-electron chi connectivity index (χ4n) is 1.93. The molecule has 2 nitrogen and oxygen atoms in total. The summed E-state index contributed by atoms with van der Waals surface area (Å²) in [5, 5.41) is 0.993. The second-order valence-corrected chi connectivity index (χ2v) is 5.60. The molecule has 1 fully saturated rings. The quantitative estimate of drug-likeness (QED) is 0.792. The van der Waals surface area contributed by atoms with Crippen molar-refractivity contribution in [3.05, 3.63) is 28.5 Å². The van der Waals surface area contributed by atoms with Crippen LogP contribution >= 0.6 is 31.9 Å². The van der Waals surface area contributed by atoms with Gasteiger partial charge in [-0.3, -0.25) is 4.98 Å². The minimum absolute atomic E-state index is 0.266. The lowest BCUT2D eigenvalue weighted by molar-refractivity contribution is 0.162. The molecule has 0 aliphatic carbocycles. The summed E-state index contributed by atoms with van der Waals surface area (Å²) >= 11 is 7.04. The number of alkyl halides is 1. The van der Waals surface area contributed by atoms with Gasteiger partial charge < -0.3 is 4.74 Å². The van der Waals surface area contributed by atoms with E-state index < -0.39 is 0 Å². The molecule has 4 heteroatoms. The molecule has 0 amide bonds. The Labute approximate surface area is 107 Å². The smallest absolute Gasteiger partial charge is 0.0534 e. The molecule has 1 aromatic rings. The molecule has 15 heavy (non-hydrogen) atoms. The van der Waals surface area contributed by atoms with Gasteiger partial charge in [0.1, 0.15) is 0 Å². The van der Waals surface area contributed by atoms with Crippen LogP contribution in [0.4, 0.5) is 0 Å². The van der Waals surface area contributed by atoms with E-state index in [1.54, 1.807) is 0 Å². The fourth-order valence-corrected chi connectivity index (χ4v) is 2.98. The van der Waals surface area contributed by atoms with Crippen LogP contribution in [0.5, 0.6) is 0 Å². The normalized spacial score (nSPS) is 25.7. The lowest BCUT2D eigenvalue weighted by atomic mass is 9.83. The summed E-state index contributed by atoms with van der Waals surface area (Å²) < 4.78 is 6.54. The Balaban J connectivity index is 2.12. The zero-order valence-electron chi connectivity index (χ0n) is 8.38. The van der Waals surface area contributed by atoms with Gasteiger partial charge in [0, 0.05) is 34.2 Å². The van der Waals surface area contributed by atoms with Crippen LogP contribution in [-0.2, 0) is 11.2 Å². The standard InChI is InChI=1S/C11H13Br2NO/c12-7-11(1-2-15-8-11)4-9-3-10(13)6-14-5-9/h3,5-6H,1-2,4,7-8H2. The van der Waals surface area contributed by atoms with E-state index in [0.29, 0.717) is 0 Å². The van der Waals surface area contributed by atoms with Crippen molar-refractivity contribution in [2.24, 2.45) is 5.41 Å². The van der Waals surface area contributed by atoms with Gasteiger partial charge in [0.2, 0.25) is 0 Å². The molecule has 1 atom stereocenters. The summed E-state index contributed by atoms with van der Waals surface area (Å²) in [6.07, 6.45) is 5.92. The Morgan fingerprint density at radius 3 is 2.93 bits per heavy atom. The number of nitrogens with zero attached hydrogens (tertiary/aromatic N) is 1. The van der Waals surface area contributed by atoms with Gasteiger partial charge in [-0.05, 0) is 40.4 Å². The molecule has 0 bridgehead atoms. The van der Waals surface area contributed by atoms with E-state index in [0.717, 1.165) is 35.9 Å². The van der Waals surface area contributed by atoms with Gasteiger partial charge in [-0.25, -0.2) is 0 Å². The predicted octanol–water partition coefficient (Wildman–Crippen LogP) is 3.19. The van der Waals surface area contributed by atoms with Crippen LogP contribution in [0.15, 0.2) is 22.9 Å². The van der Waals surface area contributed by atoms with Crippen LogP contribution < -0.4 is 0 Å². The van der Waals surface area contributed by atoms with Gasteiger partial charge in [-0.2, -0.15) is 0 Å². The molecule has 1 aliphatic rings. The highest BCUT2D eigenvalue weighted by Crippen LogP contribution is 2.34. The van der Waals surface area contributed by atoms with Crippen LogP contribution in [0.1, 0.15) is 12.0 Å². The minimum Gasteiger partial charge on any atom is -0.381 e. The van der Waals surface area contributed by atoms with Gasteiger partial charge in [0.05, 0.1) is 6.61 Å². The summed E-state index contributed by atoms with van der Waals surface area (Å²) in [4.78, 5) is 4.19. The molecular weight excluding hydrogens is 322 g/mol. The minimum atomic E-state index is 0.266. The molecule has 0 aromatic carbocycles. The van der Waals surface area contributed by atoms with Crippen molar-refractivity contribution in [2.75, 3.05) is 18.5 Å². The molecule has 2 rings (SSSR count). The molecule has 2 heterocycles. The predicted molar refractivity (Wildman–Crippen MR) is 67.3 cm³/mol. The average Bonchev–Trinajstić information content (AvgIpc) is 2.67. The number of hydrogen-bond acceptors (Lipinski definition) is 2. The maximum absolute atomic E-state index is 5.49. The SMILES string of the molecule is BrCC1(Cc2cncc(Br)c2)CCOC1. The van der Waals surface area contributed by atoms with Crippen molar-refractivity contribution < 1.29 is 4.74 Å². The third kappa shape index (κ3) is 2.80. The molecule has 0 radical (unpaired) electrons. The zero-order chi connectivity index (χ0) is 10.7. The Hall–Kier alpha value is 0.0700. The van der Waals surface area contributed by atoms with Crippen LogP contribution in [-0.4, -0.2) is 23.5 Å². The van der Waals surface area contributed by atoms with E-state index in [2.05, 4.69) is 42.9 Å². The Morgan fingerprint density at radius 2 is 2.33 bits per heavy atom. The maximum Gasteiger partial charge on any atom is 0.0534 e. The number of halogens is 2. The molecular formula is C11H13Br2NO. The van der Waals surface area contributed by atoms with E-state index in [1.807, 2.05) is 12.4 Å². The van der Waals surface area contributed by atoms with Crippen molar-refractivity contribution in [3.8, 4) is 0 Å². The van der Waals surface area contributed by atoms with E-state index in [-0.39, 0.29) is 5.41 Å². The third-order valence-corrected chi connectivity index (χ3v) is 4.43. The lowest BCUT2D eigenvalue weighted by Crippen LogP contribution is -2.25. The van der Waals surface area contributed by atoms with Crippen molar-refractivity contribution in [1.29, 1.82) is 0 Å². The van der Waals surface area contributed by atoms with E-state index in [9.17, 15) is 0 Å². The van der Waals surface area contributed by atoms with Crippen LogP contribution in [0.25, 0.3) is 0 Å². The Bertz CT molecular complexity index is 337. The molecule has 1 unspecified atom stereocenters. The highest BCUT2D eigenvalue weighted by atomic mass is 79.9. The maximum atomic E-state index is 5.49. The third-order valence-electron chi connectivity index (χ3n) is 2.81. The molecule has 1 saturated heterocycles. The topological polar surface area (TPSA) is 22.1 Å². The summed E-state index contributed by atoms with van der Waals surface area (Å²) in [6, 6.07) is 2.13. The molecule has 1 aromatic heterocycles. The second-order valence-electron chi connectivity index (χ2n) is 4.12. The van der Waals surface area contributed by atoms with E-state index >= 15 is 0 Å². The van der Waals surface area contributed by atoms with Crippen LogP contribution in [0, 0.1) is 5.41 Å². The first kappa shape index (κ1) is 11.6. The fraction of sp³-hybridized carbons (Fsp3) is 0.545. The molecule has 82 valence electrons. The largest absolute Gasteiger partial charge is 0.381 e. The van der Waals surface area contributed by atoms with Crippen molar-refractivity contribution >= 4 is 31.9 Å². The molecule has 0 N–H and O–H groups in total. The van der Waals surface area contributed by atoms with E-state index in [4.69, 9.17) is 4.74 Å². The summed E-state index contributed by atoms with van der Waals surface area (Å²) in [7, 11) is 0. The van der Waals surface area contributed by atoms with Crippen LogP contribution in [0.2, 0.25) is 0 Å². The second kappa shape index (κ2) is 4.93. The Morgan fingerprint density at radius 1 is 1.47 bits per heavy atom. The van der Waals surface area contributed by atoms with Gasteiger partial charge in [0.25, 0.3) is 0 Å². The Kier molecular flexibility index (Phi) is 3.80. The van der Waals surface area contributed by atoms with Crippen LogP contribution in [0.3, 0.4) is 0 Å². The number of rotatable bonds is 3. The number of ether oxygens (including phenoxy) is 1. The zero-order valence-corrected chi connectivity index (χ0v) is 11.6. The number of hydrogen-bond donors (Lipinski definition) is 0. The van der Waals surface area contributed by atoms with Gasteiger partial charge in [-0.1, -0.05) is 15.9 Å².